The van der Waals surface area contributed by atoms with E-state index in [9.17, 15) is 9.59 Å². The van der Waals surface area contributed by atoms with Crippen molar-refractivity contribution in [2.45, 2.75) is 19.0 Å². The van der Waals surface area contributed by atoms with Crippen molar-refractivity contribution in [1.82, 2.24) is 10.6 Å². The van der Waals surface area contributed by atoms with Gasteiger partial charge in [0.05, 0.1) is 12.8 Å². The summed E-state index contributed by atoms with van der Waals surface area (Å²) in [6.45, 7) is 1.48. The summed E-state index contributed by atoms with van der Waals surface area (Å²) in [5.41, 5.74) is 2.42. The topological polar surface area (TPSA) is 74.6 Å². The maximum absolute atomic E-state index is 12.3. The van der Waals surface area contributed by atoms with Crippen LogP contribution in [0, 0.1) is 0 Å². The van der Waals surface area contributed by atoms with Crippen LogP contribution in [0.4, 0.5) is 5.69 Å². The Morgan fingerprint density at radius 3 is 2.71 bits per heavy atom. The van der Waals surface area contributed by atoms with Crippen molar-refractivity contribution < 1.29 is 14.0 Å². The number of carbonyl (C=O) groups is 2. The molecule has 1 aromatic carbocycles. The number of carbonyl (C=O) groups excluding carboxylic acids is 2. The number of nitrogens with one attached hydrogen (secondary N) is 2. The zero-order valence-electron chi connectivity index (χ0n) is 15.3. The SMILES string of the molecule is O=C(NCc1cccs1)C(=O)NC[C@H](c1ccco1)N1CCc2ccccc21. The van der Waals surface area contributed by atoms with Crippen LogP contribution in [-0.2, 0) is 22.6 Å². The highest BCUT2D eigenvalue weighted by Crippen LogP contribution is 2.34. The van der Waals surface area contributed by atoms with E-state index in [1.165, 1.54) is 16.9 Å². The van der Waals surface area contributed by atoms with Gasteiger partial charge in [0, 0.05) is 23.7 Å². The van der Waals surface area contributed by atoms with Crippen LogP contribution in [0.5, 0.6) is 0 Å². The molecule has 28 heavy (non-hydrogen) atoms. The van der Waals surface area contributed by atoms with Gasteiger partial charge in [0.1, 0.15) is 11.8 Å². The number of amides is 2. The van der Waals surface area contributed by atoms with Crippen LogP contribution in [0.25, 0.3) is 0 Å². The highest BCUT2D eigenvalue weighted by atomic mass is 32.1. The van der Waals surface area contributed by atoms with E-state index in [-0.39, 0.29) is 12.6 Å². The summed E-state index contributed by atoms with van der Waals surface area (Å²) in [7, 11) is 0. The predicted octanol–water partition coefficient (Wildman–Crippen LogP) is 2.88. The van der Waals surface area contributed by atoms with Crippen LogP contribution in [0.15, 0.2) is 64.6 Å². The normalized spacial score (nSPS) is 13.8. The van der Waals surface area contributed by atoms with E-state index >= 15 is 0 Å². The number of thiophene rings is 1. The molecule has 0 unspecified atom stereocenters. The Bertz CT molecular complexity index is 938. The molecule has 3 heterocycles. The largest absolute Gasteiger partial charge is 0.467 e. The molecule has 1 atom stereocenters. The van der Waals surface area contributed by atoms with Crippen molar-refractivity contribution in [2.24, 2.45) is 0 Å². The first-order valence-corrected chi connectivity index (χ1v) is 10.1. The molecule has 3 aromatic rings. The molecule has 6 nitrogen and oxygen atoms in total. The second kappa shape index (κ2) is 8.31. The van der Waals surface area contributed by atoms with E-state index in [1.54, 1.807) is 6.26 Å². The van der Waals surface area contributed by atoms with Crippen LogP contribution in [0.2, 0.25) is 0 Å². The third kappa shape index (κ3) is 3.94. The van der Waals surface area contributed by atoms with Crippen molar-refractivity contribution in [2.75, 3.05) is 18.0 Å². The number of hydrogen-bond acceptors (Lipinski definition) is 5. The first-order chi connectivity index (χ1) is 13.7. The first kappa shape index (κ1) is 18.3. The van der Waals surface area contributed by atoms with Gasteiger partial charge in [-0.25, -0.2) is 0 Å². The molecular formula is C21H21N3O3S. The predicted molar refractivity (Wildman–Crippen MR) is 108 cm³/mol. The van der Waals surface area contributed by atoms with E-state index in [2.05, 4.69) is 27.7 Å². The molecule has 0 saturated heterocycles. The zero-order chi connectivity index (χ0) is 19.3. The fourth-order valence-electron chi connectivity index (χ4n) is 3.46. The Balaban J connectivity index is 1.41. The molecule has 0 fully saturated rings. The third-order valence-corrected chi connectivity index (χ3v) is 5.71. The lowest BCUT2D eigenvalue weighted by atomic mass is 10.1. The average Bonchev–Trinajstić information content (AvgIpc) is 3.48. The maximum Gasteiger partial charge on any atom is 0.309 e. The lowest BCUT2D eigenvalue weighted by Crippen LogP contribution is -2.43. The monoisotopic (exact) mass is 395 g/mol. The van der Waals surface area contributed by atoms with Crippen molar-refractivity contribution >= 4 is 28.8 Å². The fraction of sp³-hybridized carbons (Fsp3) is 0.238. The van der Waals surface area contributed by atoms with Crippen LogP contribution in [-0.4, -0.2) is 24.9 Å². The molecule has 144 valence electrons. The van der Waals surface area contributed by atoms with Gasteiger partial charge in [-0.1, -0.05) is 24.3 Å². The van der Waals surface area contributed by atoms with Crippen LogP contribution in [0.3, 0.4) is 0 Å². The number of fused-ring (bicyclic) bond motifs is 1. The number of anilines is 1. The number of benzene rings is 1. The smallest absolute Gasteiger partial charge is 0.309 e. The number of hydrogen-bond donors (Lipinski definition) is 2. The van der Waals surface area contributed by atoms with Crippen molar-refractivity contribution in [3.63, 3.8) is 0 Å². The Hall–Kier alpha value is -3.06. The molecule has 0 aliphatic carbocycles. The molecule has 1 aliphatic rings. The molecule has 2 N–H and O–H groups in total. The van der Waals surface area contributed by atoms with Crippen molar-refractivity contribution in [3.05, 3.63) is 76.4 Å². The van der Waals surface area contributed by atoms with Gasteiger partial charge in [0.15, 0.2) is 0 Å². The molecule has 7 heteroatoms. The zero-order valence-corrected chi connectivity index (χ0v) is 16.1. The molecular weight excluding hydrogens is 374 g/mol. The summed E-state index contributed by atoms with van der Waals surface area (Å²) in [5.74, 6) is -0.509. The second-order valence-electron chi connectivity index (χ2n) is 6.58. The molecule has 2 amide bonds. The summed E-state index contributed by atoms with van der Waals surface area (Å²) in [6.07, 6.45) is 2.57. The van der Waals surface area contributed by atoms with E-state index in [4.69, 9.17) is 4.42 Å². The molecule has 0 saturated carbocycles. The quantitative estimate of drug-likeness (QED) is 0.630. The molecule has 2 aromatic heterocycles. The van der Waals surface area contributed by atoms with Gasteiger partial charge < -0.3 is 20.0 Å². The van der Waals surface area contributed by atoms with Crippen molar-refractivity contribution in [1.29, 1.82) is 0 Å². The summed E-state index contributed by atoms with van der Waals surface area (Å²) in [4.78, 5) is 27.6. The summed E-state index contributed by atoms with van der Waals surface area (Å²) in [5, 5.41) is 7.34. The summed E-state index contributed by atoms with van der Waals surface area (Å²) < 4.78 is 5.62. The standard InChI is InChI=1S/C21H21N3O3S/c25-20(22-13-16-6-4-12-28-16)21(26)23-14-18(19-8-3-11-27-19)24-10-9-15-5-1-2-7-17(15)24/h1-8,11-12,18H,9-10,13-14H2,(H,22,25)(H,23,26)/t18-/m1/s1. The van der Waals surface area contributed by atoms with Gasteiger partial charge in [-0.2, -0.15) is 0 Å². The first-order valence-electron chi connectivity index (χ1n) is 9.19. The molecule has 0 bridgehead atoms. The number of furan rings is 1. The van der Waals surface area contributed by atoms with Crippen LogP contribution in [0.1, 0.15) is 22.2 Å². The summed E-state index contributed by atoms with van der Waals surface area (Å²) in [6, 6.07) is 15.6. The average molecular weight is 395 g/mol. The van der Waals surface area contributed by atoms with Crippen LogP contribution >= 0.6 is 11.3 Å². The third-order valence-electron chi connectivity index (χ3n) is 4.84. The van der Waals surface area contributed by atoms with Gasteiger partial charge >= 0.3 is 11.8 Å². The van der Waals surface area contributed by atoms with Gasteiger partial charge in [0.25, 0.3) is 0 Å². The molecule has 0 radical (unpaired) electrons. The Labute approximate surface area is 167 Å². The Morgan fingerprint density at radius 2 is 1.93 bits per heavy atom. The minimum absolute atomic E-state index is 0.173. The highest BCUT2D eigenvalue weighted by Gasteiger charge is 2.29. The van der Waals surface area contributed by atoms with Crippen LogP contribution < -0.4 is 15.5 Å². The van der Waals surface area contributed by atoms with E-state index in [0.717, 1.165) is 29.3 Å². The minimum atomic E-state index is -0.638. The second-order valence-corrected chi connectivity index (χ2v) is 7.61. The lowest BCUT2D eigenvalue weighted by molar-refractivity contribution is -0.139. The van der Waals surface area contributed by atoms with Gasteiger partial charge in [-0.05, 0) is 41.6 Å². The Morgan fingerprint density at radius 1 is 1.07 bits per heavy atom. The minimum Gasteiger partial charge on any atom is -0.467 e. The fourth-order valence-corrected chi connectivity index (χ4v) is 4.11. The van der Waals surface area contributed by atoms with Gasteiger partial charge in [-0.15, -0.1) is 11.3 Å². The van der Waals surface area contributed by atoms with E-state index < -0.39 is 11.8 Å². The van der Waals surface area contributed by atoms with Gasteiger partial charge in [0.2, 0.25) is 0 Å². The number of rotatable bonds is 6. The highest BCUT2D eigenvalue weighted by molar-refractivity contribution is 7.09. The number of nitrogens with zero attached hydrogens (tertiary/aromatic N) is 1. The lowest BCUT2D eigenvalue weighted by Gasteiger charge is -2.29. The van der Waals surface area contributed by atoms with Crippen molar-refractivity contribution in [3.8, 4) is 0 Å². The number of para-hydroxylation sites is 1. The molecule has 0 spiro atoms. The van der Waals surface area contributed by atoms with E-state index in [0.29, 0.717) is 6.54 Å². The van der Waals surface area contributed by atoms with E-state index in [1.807, 2.05) is 41.8 Å². The summed E-state index contributed by atoms with van der Waals surface area (Å²) >= 11 is 1.54. The van der Waals surface area contributed by atoms with Gasteiger partial charge in [-0.3, -0.25) is 9.59 Å². The maximum atomic E-state index is 12.3. The molecule has 4 rings (SSSR count). The Kier molecular flexibility index (Phi) is 5.43. The molecule has 1 aliphatic heterocycles.